The van der Waals surface area contributed by atoms with Crippen molar-refractivity contribution in [3.63, 3.8) is 0 Å². The molecule has 1 heterocycles. The highest BCUT2D eigenvalue weighted by Crippen LogP contribution is 2.30. The van der Waals surface area contributed by atoms with Gasteiger partial charge in [0.15, 0.2) is 0 Å². The molecule has 1 fully saturated rings. The molecule has 3 heteroatoms. The van der Waals surface area contributed by atoms with E-state index in [4.69, 9.17) is 11.6 Å². The van der Waals surface area contributed by atoms with Crippen molar-refractivity contribution < 1.29 is 0 Å². The molecule has 1 aliphatic rings. The van der Waals surface area contributed by atoms with Gasteiger partial charge in [-0.15, -0.1) is 11.3 Å². The van der Waals surface area contributed by atoms with Gasteiger partial charge in [0.05, 0.1) is 4.34 Å². The third-order valence-corrected chi connectivity index (χ3v) is 5.25. The zero-order valence-corrected chi connectivity index (χ0v) is 12.8. The van der Waals surface area contributed by atoms with Gasteiger partial charge in [-0.3, -0.25) is 0 Å². The van der Waals surface area contributed by atoms with Crippen LogP contribution in [0.5, 0.6) is 0 Å². The van der Waals surface area contributed by atoms with Gasteiger partial charge in [0.25, 0.3) is 0 Å². The maximum Gasteiger partial charge on any atom is 0.0931 e. The Balaban J connectivity index is 1.83. The van der Waals surface area contributed by atoms with Gasteiger partial charge in [-0.05, 0) is 56.7 Å². The van der Waals surface area contributed by atoms with Crippen LogP contribution in [0.3, 0.4) is 0 Å². The van der Waals surface area contributed by atoms with Gasteiger partial charge in [-0.2, -0.15) is 0 Å². The Morgan fingerprint density at radius 3 is 2.78 bits per heavy atom. The molecule has 1 atom stereocenters. The van der Waals surface area contributed by atoms with Crippen LogP contribution in [-0.2, 0) is 6.42 Å². The lowest BCUT2D eigenvalue weighted by Gasteiger charge is -2.24. The van der Waals surface area contributed by atoms with Crippen LogP contribution in [0.25, 0.3) is 0 Å². The van der Waals surface area contributed by atoms with Crippen LogP contribution in [0.15, 0.2) is 12.1 Å². The van der Waals surface area contributed by atoms with Crippen LogP contribution in [0, 0.1) is 5.92 Å². The summed E-state index contributed by atoms with van der Waals surface area (Å²) in [5.41, 5.74) is 0. The molecule has 1 unspecified atom stereocenters. The van der Waals surface area contributed by atoms with Crippen LogP contribution in [0.1, 0.15) is 50.3 Å². The van der Waals surface area contributed by atoms with Crippen molar-refractivity contribution >= 4 is 22.9 Å². The Morgan fingerprint density at radius 1 is 1.39 bits per heavy atom. The van der Waals surface area contributed by atoms with Crippen molar-refractivity contribution in [2.45, 2.75) is 57.9 Å². The van der Waals surface area contributed by atoms with Crippen LogP contribution < -0.4 is 5.32 Å². The molecule has 0 aliphatic heterocycles. The molecular weight excluding hydrogens is 262 g/mol. The minimum absolute atomic E-state index is 0.716. The molecule has 1 aliphatic carbocycles. The second kappa shape index (κ2) is 7.52. The third kappa shape index (κ3) is 4.25. The van der Waals surface area contributed by atoms with Crippen molar-refractivity contribution in [1.29, 1.82) is 0 Å². The van der Waals surface area contributed by atoms with Crippen LogP contribution in [0.2, 0.25) is 4.34 Å². The molecule has 0 spiro atoms. The average Bonchev–Trinajstić information content (AvgIpc) is 3.01. The maximum atomic E-state index is 5.99. The van der Waals surface area contributed by atoms with Crippen molar-refractivity contribution in [2.24, 2.45) is 5.92 Å². The number of hydrogen-bond donors (Lipinski definition) is 1. The SMILES string of the molecule is CCCNC(CCc1ccc(Cl)s1)C1CCCC1. The van der Waals surface area contributed by atoms with E-state index >= 15 is 0 Å². The van der Waals surface area contributed by atoms with Gasteiger partial charge in [0, 0.05) is 10.9 Å². The van der Waals surface area contributed by atoms with Crippen molar-refractivity contribution in [1.82, 2.24) is 5.32 Å². The Bertz CT molecular complexity index is 344. The van der Waals surface area contributed by atoms with E-state index in [0.717, 1.165) is 16.8 Å². The molecular formula is C15H24ClNS. The molecule has 102 valence electrons. The van der Waals surface area contributed by atoms with E-state index in [1.807, 2.05) is 6.07 Å². The molecule has 0 bridgehead atoms. The predicted molar refractivity (Wildman–Crippen MR) is 81.7 cm³/mol. The van der Waals surface area contributed by atoms with Crippen LogP contribution in [-0.4, -0.2) is 12.6 Å². The second-order valence-corrected chi connectivity index (χ2v) is 7.15. The van der Waals surface area contributed by atoms with E-state index in [2.05, 4.69) is 18.3 Å². The molecule has 0 aromatic carbocycles. The normalized spacial score (nSPS) is 18.3. The van der Waals surface area contributed by atoms with E-state index in [-0.39, 0.29) is 0 Å². The zero-order valence-electron chi connectivity index (χ0n) is 11.3. The standard InChI is InChI=1S/C15H24ClNS/c1-2-11-17-14(12-5-3-4-6-12)9-7-13-8-10-15(16)18-13/h8,10,12,14,17H,2-7,9,11H2,1H3. The number of halogens is 1. The summed E-state index contributed by atoms with van der Waals surface area (Å²) in [6.45, 7) is 3.41. The maximum absolute atomic E-state index is 5.99. The number of hydrogen-bond acceptors (Lipinski definition) is 2. The third-order valence-electron chi connectivity index (χ3n) is 3.96. The fourth-order valence-corrected chi connectivity index (χ4v) is 4.08. The Labute approximate surface area is 120 Å². The first-order valence-electron chi connectivity index (χ1n) is 7.27. The minimum Gasteiger partial charge on any atom is -0.314 e. The van der Waals surface area contributed by atoms with Crippen molar-refractivity contribution in [3.8, 4) is 0 Å². The molecule has 2 rings (SSSR count). The largest absolute Gasteiger partial charge is 0.314 e. The second-order valence-electron chi connectivity index (χ2n) is 5.35. The molecule has 1 aromatic heterocycles. The highest BCUT2D eigenvalue weighted by Gasteiger charge is 2.24. The summed E-state index contributed by atoms with van der Waals surface area (Å²) in [7, 11) is 0. The lowest BCUT2D eigenvalue weighted by atomic mass is 9.93. The van der Waals surface area contributed by atoms with Gasteiger partial charge in [0.2, 0.25) is 0 Å². The number of aryl methyl sites for hydroxylation is 1. The fourth-order valence-electron chi connectivity index (χ4n) is 2.98. The first kappa shape index (κ1) is 14.4. The van der Waals surface area contributed by atoms with Crippen molar-refractivity contribution in [2.75, 3.05) is 6.54 Å². The molecule has 1 saturated carbocycles. The molecule has 1 aromatic rings. The highest BCUT2D eigenvalue weighted by atomic mass is 35.5. The quantitative estimate of drug-likeness (QED) is 0.752. The average molecular weight is 286 g/mol. The topological polar surface area (TPSA) is 12.0 Å². The summed E-state index contributed by atoms with van der Waals surface area (Å²) in [6, 6.07) is 4.91. The summed E-state index contributed by atoms with van der Waals surface area (Å²) in [6.07, 6.45) is 9.38. The summed E-state index contributed by atoms with van der Waals surface area (Å²) < 4.78 is 0.920. The van der Waals surface area contributed by atoms with E-state index in [1.165, 1.54) is 49.8 Å². The van der Waals surface area contributed by atoms with Gasteiger partial charge in [-0.1, -0.05) is 31.4 Å². The first-order valence-corrected chi connectivity index (χ1v) is 8.46. The number of rotatable bonds is 7. The lowest BCUT2D eigenvalue weighted by molar-refractivity contribution is 0.341. The summed E-state index contributed by atoms with van der Waals surface area (Å²) in [4.78, 5) is 1.43. The van der Waals surface area contributed by atoms with Crippen LogP contribution in [0.4, 0.5) is 0 Å². The molecule has 1 nitrogen and oxygen atoms in total. The van der Waals surface area contributed by atoms with Gasteiger partial charge >= 0.3 is 0 Å². The van der Waals surface area contributed by atoms with Crippen molar-refractivity contribution in [3.05, 3.63) is 21.3 Å². The lowest BCUT2D eigenvalue weighted by Crippen LogP contribution is -2.36. The number of thiophene rings is 1. The monoisotopic (exact) mass is 285 g/mol. The molecule has 18 heavy (non-hydrogen) atoms. The minimum atomic E-state index is 0.716. The predicted octanol–water partition coefficient (Wildman–Crippen LogP) is 4.89. The van der Waals surface area contributed by atoms with E-state index < -0.39 is 0 Å². The molecule has 0 amide bonds. The molecule has 1 N–H and O–H groups in total. The molecule has 0 saturated heterocycles. The summed E-state index contributed by atoms with van der Waals surface area (Å²) in [5, 5.41) is 3.76. The van der Waals surface area contributed by atoms with E-state index in [1.54, 1.807) is 11.3 Å². The zero-order chi connectivity index (χ0) is 12.8. The summed E-state index contributed by atoms with van der Waals surface area (Å²) >= 11 is 7.72. The van der Waals surface area contributed by atoms with Crippen LogP contribution >= 0.6 is 22.9 Å². The summed E-state index contributed by atoms with van der Waals surface area (Å²) in [5.74, 6) is 0.909. The first-order chi connectivity index (χ1) is 8.79. The number of nitrogens with one attached hydrogen (secondary N) is 1. The smallest absolute Gasteiger partial charge is 0.0931 e. The Kier molecular flexibility index (Phi) is 6.00. The van der Waals surface area contributed by atoms with Gasteiger partial charge in [0.1, 0.15) is 0 Å². The highest BCUT2D eigenvalue weighted by molar-refractivity contribution is 7.16. The van der Waals surface area contributed by atoms with Gasteiger partial charge in [-0.25, -0.2) is 0 Å². The Hall–Kier alpha value is -0.0500. The fraction of sp³-hybridized carbons (Fsp3) is 0.733. The molecule has 0 radical (unpaired) electrons. The Morgan fingerprint density at radius 2 is 2.17 bits per heavy atom. The van der Waals surface area contributed by atoms with E-state index in [9.17, 15) is 0 Å². The van der Waals surface area contributed by atoms with Gasteiger partial charge < -0.3 is 5.32 Å². The van der Waals surface area contributed by atoms with E-state index in [0.29, 0.717) is 6.04 Å².